The van der Waals surface area contributed by atoms with Crippen LogP contribution < -0.4 is 0 Å². The Labute approximate surface area is 105 Å². The summed E-state index contributed by atoms with van der Waals surface area (Å²) in [6.45, 7) is 7.17. The van der Waals surface area contributed by atoms with Crippen molar-refractivity contribution in [2.75, 3.05) is 19.8 Å². The fourth-order valence-corrected chi connectivity index (χ4v) is 1.52. The summed E-state index contributed by atoms with van der Waals surface area (Å²) in [4.78, 5) is 11.3. The molecule has 0 aromatic rings. The highest BCUT2D eigenvalue weighted by molar-refractivity contribution is 5.69. The Morgan fingerprint density at radius 2 is 1.82 bits per heavy atom. The third-order valence-corrected chi connectivity index (χ3v) is 2.48. The molecule has 0 bridgehead atoms. The van der Waals surface area contributed by atoms with E-state index in [2.05, 4.69) is 6.58 Å². The first-order valence-corrected chi connectivity index (χ1v) is 6.65. The van der Waals surface area contributed by atoms with Crippen LogP contribution in [0.2, 0.25) is 0 Å². The molecular weight excluding hydrogens is 216 g/mol. The minimum absolute atomic E-state index is 0.101. The molecule has 0 aromatic heterocycles. The van der Waals surface area contributed by atoms with Crippen molar-refractivity contribution >= 4 is 5.97 Å². The summed E-state index contributed by atoms with van der Waals surface area (Å²) >= 11 is 0. The van der Waals surface area contributed by atoms with Gasteiger partial charge in [-0.15, -0.1) is 6.58 Å². The normalized spacial score (nSPS) is 10.2. The number of carbonyl (C=O) groups excluding carboxylic acids is 1. The number of unbranched alkanes of at least 4 members (excludes halogenated alkanes) is 5. The van der Waals surface area contributed by atoms with Crippen LogP contribution >= 0.6 is 0 Å². The third kappa shape index (κ3) is 13.1. The van der Waals surface area contributed by atoms with Crippen LogP contribution in [0.5, 0.6) is 0 Å². The number of rotatable bonds is 12. The van der Waals surface area contributed by atoms with Crippen LogP contribution in [-0.2, 0) is 14.3 Å². The van der Waals surface area contributed by atoms with Gasteiger partial charge in [0.05, 0.1) is 6.61 Å². The lowest BCUT2D eigenvalue weighted by Crippen LogP contribution is -2.10. The molecule has 100 valence electrons. The number of ether oxygens (including phenoxy) is 2. The monoisotopic (exact) mass is 242 g/mol. The summed E-state index contributed by atoms with van der Waals surface area (Å²) < 4.78 is 10.1. The third-order valence-electron chi connectivity index (χ3n) is 2.48. The van der Waals surface area contributed by atoms with Crippen molar-refractivity contribution in [2.24, 2.45) is 0 Å². The SMILES string of the molecule is C=CCCCCCCCC(=O)OCCOCC. The zero-order chi connectivity index (χ0) is 12.8. The largest absolute Gasteiger partial charge is 0.463 e. The molecule has 0 radical (unpaired) electrons. The summed E-state index contributed by atoms with van der Waals surface area (Å²) in [7, 11) is 0. The Bertz CT molecular complexity index is 190. The summed E-state index contributed by atoms with van der Waals surface area (Å²) in [5, 5.41) is 0. The molecule has 0 aliphatic heterocycles. The van der Waals surface area contributed by atoms with E-state index in [4.69, 9.17) is 9.47 Å². The standard InChI is InChI=1S/C14H26O3/c1-3-5-6-7-8-9-10-11-14(15)17-13-12-16-4-2/h3H,1,4-13H2,2H3. The summed E-state index contributed by atoms with van der Waals surface area (Å²) in [6, 6.07) is 0. The van der Waals surface area contributed by atoms with Gasteiger partial charge in [-0.2, -0.15) is 0 Å². The first-order chi connectivity index (χ1) is 8.31. The number of esters is 1. The Balaban J connectivity index is 3.13. The van der Waals surface area contributed by atoms with Gasteiger partial charge in [0.15, 0.2) is 0 Å². The average molecular weight is 242 g/mol. The van der Waals surface area contributed by atoms with Crippen molar-refractivity contribution in [3.05, 3.63) is 12.7 Å². The lowest BCUT2D eigenvalue weighted by atomic mass is 10.1. The second kappa shape index (κ2) is 13.2. The molecule has 0 rings (SSSR count). The summed E-state index contributed by atoms with van der Waals surface area (Å²) in [5.74, 6) is -0.101. The van der Waals surface area contributed by atoms with E-state index in [0.29, 0.717) is 26.2 Å². The van der Waals surface area contributed by atoms with Gasteiger partial charge in [0, 0.05) is 13.0 Å². The fourth-order valence-electron chi connectivity index (χ4n) is 1.52. The Morgan fingerprint density at radius 3 is 2.53 bits per heavy atom. The smallest absolute Gasteiger partial charge is 0.305 e. The first-order valence-electron chi connectivity index (χ1n) is 6.65. The predicted octanol–water partition coefficient (Wildman–Crippen LogP) is 3.48. The number of hydrogen-bond acceptors (Lipinski definition) is 3. The topological polar surface area (TPSA) is 35.5 Å². The maximum absolute atomic E-state index is 11.3. The number of carbonyl (C=O) groups is 1. The molecule has 0 amide bonds. The molecule has 0 fully saturated rings. The van der Waals surface area contributed by atoms with Crippen LogP contribution in [0.15, 0.2) is 12.7 Å². The predicted molar refractivity (Wildman–Crippen MR) is 70.0 cm³/mol. The molecule has 3 nitrogen and oxygen atoms in total. The van der Waals surface area contributed by atoms with Crippen LogP contribution in [0.3, 0.4) is 0 Å². The lowest BCUT2D eigenvalue weighted by Gasteiger charge is -2.04. The zero-order valence-corrected chi connectivity index (χ0v) is 11.1. The van der Waals surface area contributed by atoms with Crippen molar-refractivity contribution in [3.63, 3.8) is 0 Å². The highest BCUT2D eigenvalue weighted by atomic mass is 16.6. The molecule has 0 atom stereocenters. The average Bonchev–Trinajstić information content (AvgIpc) is 2.33. The first kappa shape index (κ1) is 16.2. The van der Waals surface area contributed by atoms with E-state index < -0.39 is 0 Å². The maximum atomic E-state index is 11.3. The van der Waals surface area contributed by atoms with Gasteiger partial charge in [-0.05, 0) is 26.2 Å². The minimum Gasteiger partial charge on any atom is -0.463 e. The highest BCUT2D eigenvalue weighted by Gasteiger charge is 2.01. The molecule has 0 spiro atoms. The van der Waals surface area contributed by atoms with E-state index in [9.17, 15) is 4.79 Å². The van der Waals surface area contributed by atoms with Gasteiger partial charge in [-0.1, -0.05) is 25.3 Å². The molecule has 0 heterocycles. The molecule has 0 aliphatic rings. The number of hydrogen-bond donors (Lipinski definition) is 0. The van der Waals surface area contributed by atoms with Crippen molar-refractivity contribution < 1.29 is 14.3 Å². The zero-order valence-electron chi connectivity index (χ0n) is 11.1. The molecule has 0 aliphatic carbocycles. The van der Waals surface area contributed by atoms with Crippen LogP contribution in [-0.4, -0.2) is 25.8 Å². The second-order valence-electron chi connectivity index (χ2n) is 4.01. The van der Waals surface area contributed by atoms with Crippen molar-refractivity contribution in [3.8, 4) is 0 Å². The van der Waals surface area contributed by atoms with Crippen LogP contribution in [0.4, 0.5) is 0 Å². The van der Waals surface area contributed by atoms with E-state index in [1.165, 1.54) is 19.3 Å². The highest BCUT2D eigenvalue weighted by Crippen LogP contribution is 2.07. The second-order valence-corrected chi connectivity index (χ2v) is 4.01. The molecule has 3 heteroatoms. The van der Waals surface area contributed by atoms with Gasteiger partial charge in [-0.3, -0.25) is 4.79 Å². The van der Waals surface area contributed by atoms with Gasteiger partial charge < -0.3 is 9.47 Å². The maximum Gasteiger partial charge on any atom is 0.305 e. The van der Waals surface area contributed by atoms with Gasteiger partial charge in [-0.25, -0.2) is 0 Å². The molecule has 0 N–H and O–H groups in total. The minimum atomic E-state index is -0.101. The van der Waals surface area contributed by atoms with Crippen molar-refractivity contribution in [1.29, 1.82) is 0 Å². The van der Waals surface area contributed by atoms with E-state index >= 15 is 0 Å². The van der Waals surface area contributed by atoms with E-state index in [0.717, 1.165) is 19.3 Å². The number of allylic oxidation sites excluding steroid dienone is 1. The molecule has 0 aromatic carbocycles. The van der Waals surface area contributed by atoms with Gasteiger partial charge in [0.1, 0.15) is 6.61 Å². The van der Waals surface area contributed by atoms with Gasteiger partial charge in [0.25, 0.3) is 0 Å². The molecule has 0 unspecified atom stereocenters. The molecule has 17 heavy (non-hydrogen) atoms. The van der Waals surface area contributed by atoms with Gasteiger partial charge in [0.2, 0.25) is 0 Å². The Hall–Kier alpha value is -0.830. The van der Waals surface area contributed by atoms with Crippen LogP contribution in [0.1, 0.15) is 51.9 Å². The molecule has 0 saturated carbocycles. The molecular formula is C14H26O3. The van der Waals surface area contributed by atoms with Gasteiger partial charge >= 0.3 is 5.97 Å². The van der Waals surface area contributed by atoms with E-state index in [1.54, 1.807) is 0 Å². The van der Waals surface area contributed by atoms with Crippen molar-refractivity contribution in [2.45, 2.75) is 51.9 Å². The summed E-state index contributed by atoms with van der Waals surface area (Å²) in [5.41, 5.74) is 0. The molecule has 0 saturated heterocycles. The van der Waals surface area contributed by atoms with Crippen LogP contribution in [0, 0.1) is 0 Å². The van der Waals surface area contributed by atoms with Crippen LogP contribution in [0.25, 0.3) is 0 Å². The summed E-state index contributed by atoms with van der Waals surface area (Å²) in [6.07, 6.45) is 9.26. The fraction of sp³-hybridized carbons (Fsp3) is 0.786. The van der Waals surface area contributed by atoms with Crippen molar-refractivity contribution in [1.82, 2.24) is 0 Å². The Morgan fingerprint density at radius 1 is 1.12 bits per heavy atom. The van der Waals surface area contributed by atoms with E-state index in [1.807, 2.05) is 13.0 Å². The lowest BCUT2D eigenvalue weighted by molar-refractivity contribution is -0.145. The quantitative estimate of drug-likeness (QED) is 0.298. The Kier molecular flexibility index (Phi) is 12.6. The van der Waals surface area contributed by atoms with E-state index in [-0.39, 0.29) is 5.97 Å².